The molecule has 0 aromatic heterocycles. The van der Waals surface area contributed by atoms with Crippen molar-refractivity contribution in [3.63, 3.8) is 0 Å². The number of primary sulfonamides is 1. The highest BCUT2D eigenvalue weighted by Crippen LogP contribution is 2.37. The Bertz CT molecular complexity index is 862. The summed E-state index contributed by atoms with van der Waals surface area (Å²) in [6.07, 6.45) is -3.23. The van der Waals surface area contributed by atoms with Crippen molar-refractivity contribution in [2.75, 3.05) is 5.32 Å². The van der Waals surface area contributed by atoms with Crippen LogP contribution in [0.2, 0.25) is 0 Å². The van der Waals surface area contributed by atoms with Crippen LogP contribution >= 0.6 is 0 Å². The summed E-state index contributed by atoms with van der Waals surface area (Å²) in [7, 11) is -3.74. The molecule has 0 radical (unpaired) electrons. The van der Waals surface area contributed by atoms with Crippen LogP contribution in [0.25, 0.3) is 0 Å². The molecule has 0 fully saturated rings. The number of nitrogens with one attached hydrogen (secondary N) is 1. The molecule has 1 atom stereocenters. The minimum atomic E-state index is -4.35. The molecule has 2 aromatic rings. The topological polar surface area (TPSA) is 72.2 Å². The van der Waals surface area contributed by atoms with Crippen LogP contribution in [0.5, 0.6) is 0 Å². The van der Waals surface area contributed by atoms with Crippen LogP contribution in [0.3, 0.4) is 0 Å². The first-order chi connectivity index (χ1) is 11.1. The van der Waals surface area contributed by atoms with E-state index in [-0.39, 0.29) is 10.9 Å². The highest BCUT2D eigenvalue weighted by molar-refractivity contribution is 7.89. The number of halogens is 3. The maximum atomic E-state index is 12.8. The van der Waals surface area contributed by atoms with Gasteiger partial charge in [0.25, 0.3) is 0 Å². The van der Waals surface area contributed by atoms with Crippen LogP contribution in [0, 0.1) is 0 Å². The summed E-state index contributed by atoms with van der Waals surface area (Å²) >= 11 is 0. The van der Waals surface area contributed by atoms with Crippen LogP contribution < -0.4 is 10.5 Å². The maximum absolute atomic E-state index is 12.8. The lowest BCUT2D eigenvalue weighted by atomic mass is 9.92. The van der Waals surface area contributed by atoms with Gasteiger partial charge in [0.1, 0.15) is 0 Å². The summed E-state index contributed by atoms with van der Waals surface area (Å²) in [5, 5.41) is 8.26. The molecule has 1 heterocycles. The number of alkyl halides is 3. The Morgan fingerprint density at radius 1 is 1.08 bits per heavy atom. The van der Waals surface area contributed by atoms with Gasteiger partial charge in [-0.1, -0.05) is 12.1 Å². The molecule has 0 aliphatic carbocycles. The fourth-order valence-electron chi connectivity index (χ4n) is 2.82. The molecule has 2 aromatic carbocycles. The number of nitrogens with two attached hydrogens (primary N) is 1. The molecule has 0 amide bonds. The molecule has 0 saturated heterocycles. The number of benzene rings is 2. The second kappa shape index (κ2) is 5.78. The summed E-state index contributed by atoms with van der Waals surface area (Å²) in [6, 6.07) is 9.73. The Morgan fingerprint density at radius 2 is 1.75 bits per heavy atom. The van der Waals surface area contributed by atoms with Gasteiger partial charge < -0.3 is 5.32 Å². The van der Waals surface area contributed by atoms with E-state index in [2.05, 4.69) is 5.32 Å². The van der Waals surface area contributed by atoms with E-state index in [0.29, 0.717) is 24.1 Å². The number of sulfonamides is 1. The van der Waals surface area contributed by atoms with Gasteiger partial charge >= 0.3 is 6.18 Å². The lowest BCUT2D eigenvalue weighted by molar-refractivity contribution is -0.137. The highest BCUT2D eigenvalue weighted by atomic mass is 32.2. The number of anilines is 1. The number of hydrogen-bond acceptors (Lipinski definition) is 3. The zero-order chi connectivity index (χ0) is 17.5. The van der Waals surface area contributed by atoms with E-state index in [1.54, 1.807) is 12.1 Å². The van der Waals surface area contributed by atoms with Crippen molar-refractivity contribution in [1.29, 1.82) is 0 Å². The van der Waals surface area contributed by atoms with E-state index >= 15 is 0 Å². The van der Waals surface area contributed by atoms with Gasteiger partial charge in [-0.3, -0.25) is 0 Å². The van der Waals surface area contributed by atoms with E-state index in [0.717, 1.165) is 11.6 Å². The summed E-state index contributed by atoms with van der Waals surface area (Å²) in [5.74, 6) is 0. The van der Waals surface area contributed by atoms with Crippen molar-refractivity contribution in [2.45, 2.75) is 30.0 Å². The van der Waals surface area contributed by atoms with E-state index < -0.39 is 21.8 Å². The molecular weight excluding hydrogens is 341 g/mol. The van der Waals surface area contributed by atoms with Crippen molar-refractivity contribution in [2.24, 2.45) is 5.14 Å². The van der Waals surface area contributed by atoms with Gasteiger partial charge in [0.05, 0.1) is 16.5 Å². The molecule has 1 unspecified atom stereocenters. The molecule has 128 valence electrons. The second-order valence-corrected chi connectivity index (χ2v) is 7.28. The van der Waals surface area contributed by atoms with Gasteiger partial charge in [0.15, 0.2) is 0 Å². The van der Waals surface area contributed by atoms with Crippen molar-refractivity contribution in [3.8, 4) is 0 Å². The van der Waals surface area contributed by atoms with E-state index in [4.69, 9.17) is 5.14 Å². The SMILES string of the molecule is NS(=O)(=O)c1ccc(C2CCc3cc(C(F)(F)F)ccc3N2)cc1. The predicted molar refractivity (Wildman–Crippen MR) is 83.9 cm³/mol. The first-order valence-corrected chi connectivity index (χ1v) is 8.78. The van der Waals surface area contributed by atoms with Crippen molar-refractivity contribution < 1.29 is 21.6 Å². The third-order valence-corrected chi connectivity index (χ3v) is 5.00. The summed E-state index contributed by atoms with van der Waals surface area (Å²) < 4.78 is 60.8. The van der Waals surface area contributed by atoms with Crippen molar-refractivity contribution in [3.05, 3.63) is 59.2 Å². The molecule has 0 spiro atoms. The van der Waals surface area contributed by atoms with Gasteiger partial charge in [-0.15, -0.1) is 0 Å². The Hall–Kier alpha value is -2.06. The first kappa shape index (κ1) is 16.8. The minimum absolute atomic E-state index is 0.0253. The summed E-state index contributed by atoms with van der Waals surface area (Å²) in [5.41, 5.74) is 1.49. The average Bonchev–Trinajstić information content (AvgIpc) is 2.52. The molecule has 0 bridgehead atoms. The van der Waals surface area contributed by atoms with Crippen molar-refractivity contribution >= 4 is 15.7 Å². The maximum Gasteiger partial charge on any atom is 0.416 e. The van der Waals surface area contributed by atoms with Crippen LogP contribution in [-0.4, -0.2) is 8.42 Å². The quantitative estimate of drug-likeness (QED) is 0.866. The normalized spacial score (nSPS) is 17.9. The predicted octanol–water partition coefficient (Wildman–Crippen LogP) is 3.45. The summed E-state index contributed by atoms with van der Waals surface area (Å²) in [4.78, 5) is 0.0253. The number of aryl methyl sites for hydroxylation is 1. The Kier molecular flexibility index (Phi) is 4.05. The molecule has 3 rings (SSSR count). The number of rotatable bonds is 2. The van der Waals surface area contributed by atoms with Gasteiger partial charge in [-0.2, -0.15) is 13.2 Å². The Labute approximate surface area is 137 Å². The standard InChI is InChI=1S/C16H15F3N2O2S/c17-16(18,19)12-4-8-15-11(9-12)3-7-14(21-15)10-1-5-13(6-2-10)24(20,22)23/h1-2,4-6,8-9,14,21H,3,7H2,(H2,20,22,23). The highest BCUT2D eigenvalue weighted by Gasteiger charge is 2.31. The lowest BCUT2D eigenvalue weighted by Gasteiger charge is -2.28. The van der Waals surface area contributed by atoms with E-state index in [1.165, 1.54) is 24.3 Å². The molecule has 1 aliphatic heterocycles. The first-order valence-electron chi connectivity index (χ1n) is 7.24. The largest absolute Gasteiger partial charge is 0.416 e. The monoisotopic (exact) mass is 356 g/mol. The van der Waals surface area contributed by atoms with Crippen LogP contribution in [0.15, 0.2) is 47.4 Å². The minimum Gasteiger partial charge on any atom is -0.378 e. The third kappa shape index (κ3) is 3.39. The van der Waals surface area contributed by atoms with Crippen molar-refractivity contribution in [1.82, 2.24) is 0 Å². The van der Waals surface area contributed by atoms with E-state index in [1.807, 2.05) is 0 Å². The number of fused-ring (bicyclic) bond motifs is 1. The van der Waals surface area contributed by atoms with E-state index in [9.17, 15) is 21.6 Å². The Balaban J connectivity index is 1.83. The smallest absolute Gasteiger partial charge is 0.378 e. The number of hydrogen-bond donors (Lipinski definition) is 2. The van der Waals surface area contributed by atoms with Crippen LogP contribution in [-0.2, 0) is 22.6 Å². The van der Waals surface area contributed by atoms with Crippen LogP contribution in [0.4, 0.5) is 18.9 Å². The molecule has 24 heavy (non-hydrogen) atoms. The van der Waals surface area contributed by atoms with Gasteiger partial charge in [-0.05, 0) is 54.3 Å². The molecule has 3 N–H and O–H groups in total. The average molecular weight is 356 g/mol. The zero-order valence-corrected chi connectivity index (χ0v) is 13.3. The molecule has 0 saturated carbocycles. The van der Waals surface area contributed by atoms with Crippen LogP contribution in [0.1, 0.15) is 29.2 Å². The van der Waals surface area contributed by atoms with Gasteiger partial charge in [0, 0.05) is 5.69 Å². The fourth-order valence-corrected chi connectivity index (χ4v) is 3.33. The zero-order valence-electron chi connectivity index (χ0n) is 12.5. The summed E-state index contributed by atoms with van der Waals surface area (Å²) in [6.45, 7) is 0. The molecule has 8 heteroatoms. The molecule has 4 nitrogen and oxygen atoms in total. The second-order valence-electron chi connectivity index (χ2n) is 5.72. The fraction of sp³-hybridized carbons (Fsp3) is 0.250. The molecule has 1 aliphatic rings. The Morgan fingerprint density at radius 3 is 2.33 bits per heavy atom. The van der Waals surface area contributed by atoms with Gasteiger partial charge in [-0.25, -0.2) is 13.6 Å². The van der Waals surface area contributed by atoms with Gasteiger partial charge in [0.2, 0.25) is 10.0 Å². The molecular formula is C16H15F3N2O2S. The third-order valence-electron chi connectivity index (χ3n) is 4.08. The lowest BCUT2D eigenvalue weighted by Crippen LogP contribution is -2.19.